The molecule has 1 heteroatoms. The number of fused-ring (bicyclic) bond motifs is 8. The molecule has 0 saturated carbocycles. The number of ketones is 1. The molecule has 0 unspecified atom stereocenters. The van der Waals surface area contributed by atoms with Gasteiger partial charge in [-0.25, -0.2) is 0 Å². The van der Waals surface area contributed by atoms with Crippen molar-refractivity contribution in [3.05, 3.63) is 47.5 Å². The molecule has 0 fully saturated rings. The molecule has 0 amide bonds. The number of carbonyl (C=O) groups excluding carboxylic acids is 1. The maximum Gasteiger partial charge on any atom is 0.155 e. The number of hydrogen-bond donors (Lipinski definition) is 0. The molecule has 0 spiro atoms. The molecule has 0 N–H and O–H groups in total. The van der Waals surface area contributed by atoms with Gasteiger partial charge in [0, 0.05) is 6.42 Å². The van der Waals surface area contributed by atoms with Crippen molar-refractivity contribution in [2.45, 2.75) is 32.1 Å². The topological polar surface area (TPSA) is 17.1 Å². The van der Waals surface area contributed by atoms with E-state index >= 15 is 0 Å². The molecule has 3 rings (SSSR count). The van der Waals surface area contributed by atoms with E-state index in [0.717, 1.165) is 25.7 Å². The summed E-state index contributed by atoms with van der Waals surface area (Å²) >= 11 is 0. The molecule has 0 aromatic heterocycles. The first-order valence-corrected chi connectivity index (χ1v) is 5.62. The Bertz CT molecular complexity index is 359. The Balaban J connectivity index is 2.15. The molecule has 0 radical (unpaired) electrons. The summed E-state index contributed by atoms with van der Waals surface area (Å²) in [5.41, 5.74) is 2.67. The summed E-state index contributed by atoms with van der Waals surface area (Å²) in [6, 6.07) is 8.66. The molecule has 0 heterocycles. The van der Waals surface area contributed by atoms with Gasteiger partial charge >= 0.3 is 0 Å². The van der Waals surface area contributed by atoms with E-state index in [1.807, 2.05) is 6.08 Å². The monoisotopic (exact) mass is 200 g/mol. The Kier molecular flexibility index (Phi) is 3.33. The second kappa shape index (κ2) is 4.92. The summed E-state index contributed by atoms with van der Waals surface area (Å²) in [6.45, 7) is 0. The summed E-state index contributed by atoms with van der Waals surface area (Å²) in [4.78, 5) is 11.4. The summed E-state index contributed by atoms with van der Waals surface area (Å²) in [6.07, 6.45) is 8.50. The van der Waals surface area contributed by atoms with Crippen molar-refractivity contribution in [1.29, 1.82) is 0 Å². The van der Waals surface area contributed by atoms with Crippen molar-refractivity contribution in [1.82, 2.24) is 0 Å². The lowest BCUT2D eigenvalue weighted by molar-refractivity contribution is -0.114. The highest BCUT2D eigenvalue weighted by Gasteiger charge is 2.01. The Morgan fingerprint density at radius 3 is 2.27 bits per heavy atom. The van der Waals surface area contributed by atoms with Gasteiger partial charge in [-0.05, 0) is 42.9 Å². The fourth-order valence-electron chi connectivity index (χ4n) is 1.86. The number of aryl methyl sites for hydroxylation is 2. The summed E-state index contributed by atoms with van der Waals surface area (Å²) < 4.78 is 0. The average Bonchev–Trinajstić information content (AvgIpc) is 2.25. The van der Waals surface area contributed by atoms with Gasteiger partial charge in [0.15, 0.2) is 5.78 Å². The number of rotatable bonds is 0. The van der Waals surface area contributed by atoms with Gasteiger partial charge in [0.2, 0.25) is 0 Å². The largest absolute Gasteiger partial charge is 0.295 e. The molecule has 2 aliphatic rings. The minimum Gasteiger partial charge on any atom is -0.295 e. The molecular weight excluding hydrogens is 184 g/mol. The second-order valence-corrected chi connectivity index (χ2v) is 4.08. The molecule has 0 saturated heterocycles. The van der Waals surface area contributed by atoms with Crippen LogP contribution in [0.3, 0.4) is 0 Å². The van der Waals surface area contributed by atoms with E-state index < -0.39 is 0 Å². The molecule has 1 aromatic rings. The molecule has 2 bridgehead atoms. The average molecular weight is 200 g/mol. The zero-order valence-corrected chi connectivity index (χ0v) is 8.91. The molecule has 15 heavy (non-hydrogen) atoms. The minimum atomic E-state index is 0.250. The van der Waals surface area contributed by atoms with Crippen molar-refractivity contribution in [2.75, 3.05) is 0 Å². The highest BCUT2D eigenvalue weighted by Crippen LogP contribution is 2.11. The van der Waals surface area contributed by atoms with Gasteiger partial charge in [0.25, 0.3) is 0 Å². The van der Waals surface area contributed by atoms with Gasteiger partial charge in [-0.15, -0.1) is 0 Å². The van der Waals surface area contributed by atoms with Crippen LogP contribution in [0.2, 0.25) is 0 Å². The lowest BCUT2D eigenvalue weighted by Crippen LogP contribution is -1.97. The summed E-state index contributed by atoms with van der Waals surface area (Å²) in [5, 5.41) is 0. The van der Waals surface area contributed by atoms with Crippen LogP contribution in [0.5, 0.6) is 0 Å². The summed E-state index contributed by atoms with van der Waals surface area (Å²) in [5.74, 6) is 0.250. The van der Waals surface area contributed by atoms with Crippen LogP contribution in [0.4, 0.5) is 0 Å². The zero-order chi connectivity index (χ0) is 10.5. The normalized spacial score (nSPS) is 19.3. The molecule has 1 aromatic carbocycles. The molecule has 1 nitrogen and oxygen atoms in total. The molecule has 0 atom stereocenters. The highest BCUT2D eigenvalue weighted by atomic mass is 16.1. The second-order valence-electron chi connectivity index (χ2n) is 4.08. The van der Waals surface area contributed by atoms with Crippen LogP contribution in [0, 0.1) is 0 Å². The minimum absolute atomic E-state index is 0.250. The molecule has 0 aliphatic heterocycles. The SMILES string of the molecule is O=C1/C=C\CCCc2ccc(cc2)CC1. The Morgan fingerprint density at radius 2 is 1.53 bits per heavy atom. The van der Waals surface area contributed by atoms with Crippen LogP contribution >= 0.6 is 0 Å². The fraction of sp³-hybridized carbons (Fsp3) is 0.357. The quantitative estimate of drug-likeness (QED) is 0.629. The van der Waals surface area contributed by atoms with E-state index in [2.05, 4.69) is 24.3 Å². The first-order chi connectivity index (χ1) is 7.34. The van der Waals surface area contributed by atoms with E-state index in [4.69, 9.17) is 0 Å². The number of allylic oxidation sites excluding steroid dienone is 2. The number of benzene rings is 1. The van der Waals surface area contributed by atoms with Gasteiger partial charge in [-0.2, -0.15) is 0 Å². The number of carbonyl (C=O) groups is 1. The molecule has 2 aliphatic carbocycles. The summed E-state index contributed by atoms with van der Waals surface area (Å²) in [7, 11) is 0. The lowest BCUT2D eigenvalue weighted by atomic mass is 10.0. The van der Waals surface area contributed by atoms with E-state index in [0.29, 0.717) is 6.42 Å². The number of hydrogen-bond acceptors (Lipinski definition) is 1. The van der Waals surface area contributed by atoms with Gasteiger partial charge in [-0.1, -0.05) is 30.3 Å². The smallest absolute Gasteiger partial charge is 0.155 e. The van der Waals surface area contributed by atoms with Crippen LogP contribution in [0.15, 0.2) is 36.4 Å². The van der Waals surface area contributed by atoms with Crippen LogP contribution in [-0.2, 0) is 17.6 Å². The van der Waals surface area contributed by atoms with Gasteiger partial charge in [0.05, 0.1) is 0 Å². The maximum atomic E-state index is 11.4. The van der Waals surface area contributed by atoms with Gasteiger partial charge < -0.3 is 0 Å². The fourth-order valence-corrected chi connectivity index (χ4v) is 1.86. The predicted molar refractivity (Wildman–Crippen MR) is 61.8 cm³/mol. The molecule has 78 valence electrons. The van der Waals surface area contributed by atoms with Crippen LogP contribution < -0.4 is 0 Å². The van der Waals surface area contributed by atoms with Gasteiger partial charge in [0.1, 0.15) is 0 Å². The van der Waals surface area contributed by atoms with Gasteiger partial charge in [-0.3, -0.25) is 4.79 Å². The Labute approximate surface area is 90.8 Å². The van der Waals surface area contributed by atoms with Crippen molar-refractivity contribution in [3.63, 3.8) is 0 Å². The van der Waals surface area contributed by atoms with Crippen LogP contribution in [0.1, 0.15) is 30.4 Å². The third-order valence-corrected chi connectivity index (χ3v) is 2.82. The molecular formula is C14H16O. The first-order valence-electron chi connectivity index (χ1n) is 5.62. The van der Waals surface area contributed by atoms with Crippen LogP contribution in [-0.4, -0.2) is 5.78 Å². The van der Waals surface area contributed by atoms with E-state index in [1.165, 1.54) is 11.1 Å². The Hall–Kier alpha value is -1.37. The third-order valence-electron chi connectivity index (χ3n) is 2.82. The highest BCUT2D eigenvalue weighted by molar-refractivity contribution is 5.89. The van der Waals surface area contributed by atoms with E-state index in [-0.39, 0.29) is 5.78 Å². The standard InChI is InChI=1S/C14H16O/c15-14-5-3-1-2-4-12-6-8-13(9-7-12)10-11-14/h3,5-9H,1-2,4,10-11H2/b5-3-. The van der Waals surface area contributed by atoms with E-state index in [1.54, 1.807) is 6.08 Å². The van der Waals surface area contributed by atoms with E-state index in [9.17, 15) is 4.79 Å². The maximum absolute atomic E-state index is 11.4. The first kappa shape index (κ1) is 10.2. The predicted octanol–water partition coefficient (Wildman–Crippen LogP) is 3.08. The van der Waals surface area contributed by atoms with Crippen molar-refractivity contribution in [2.24, 2.45) is 0 Å². The van der Waals surface area contributed by atoms with Crippen molar-refractivity contribution < 1.29 is 4.79 Å². The van der Waals surface area contributed by atoms with Crippen molar-refractivity contribution >= 4 is 5.78 Å². The van der Waals surface area contributed by atoms with Crippen LogP contribution in [0.25, 0.3) is 0 Å². The van der Waals surface area contributed by atoms with Crippen molar-refractivity contribution in [3.8, 4) is 0 Å². The lowest BCUT2D eigenvalue weighted by Gasteiger charge is -2.04. The zero-order valence-electron chi connectivity index (χ0n) is 8.91. The third kappa shape index (κ3) is 3.05. The Morgan fingerprint density at radius 1 is 0.867 bits per heavy atom.